The number of pyridine rings is 2. The predicted octanol–water partition coefficient (Wildman–Crippen LogP) is 2.60. The van der Waals surface area contributed by atoms with Crippen LogP contribution in [0, 0.1) is 5.92 Å². The molecule has 19 heavy (non-hydrogen) atoms. The summed E-state index contributed by atoms with van der Waals surface area (Å²) < 4.78 is 0.928. The largest absolute Gasteiger partial charge is 0.391 e. The summed E-state index contributed by atoms with van der Waals surface area (Å²) in [4.78, 5) is 11.0. The second-order valence-corrected chi connectivity index (χ2v) is 6.05. The summed E-state index contributed by atoms with van der Waals surface area (Å²) in [6.07, 6.45) is 4.32. The van der Waals surface area contributed by atoms with Crippen LogP contribution >= 0.6 is 15.9 Å². The van der Waals surface area contributed by atoms with Crippen LogP contribution in [-0.2, 0) is 0 Å². The number of halogens is 1. The van der Waals surface area contributed by atoms with Crippen LogP contribution in [0.1, 0.15) is 13.3 Å². The van der Waals surface area contributed by atoms with Gasteiger partial charge in [-0.05, 0) is 40.4 Å². The van der Waals surface area contributed by atoms with Crippen molar-refractivity contribution >= 4 is 32.7 Å². The molecule has 1 aliphatic rings. The molecule has 0 radical (unpaired) electrons. The van der Waals surface area contributed by atoms with E-state index in [4.69, 9.17) is 0 Å². The summed E-state index contributed by atoms with van der Waals surface area (Å²) in [7, 11) is 0. The fraction of sp³-hybridized carbons (Fsp3) is 0.429. The van der Waals surface area contributed by atoms with Crippen LogP contribution in [0.4, 0.5) is 5.69 Å². The normalized spacial score (nSPS) is 23.8. The van der Waals surface area contributed by atoms with E-state index in [0.29, 0.717) is 12.5 Å². The van der Waals surface area contributed by atoms with Crippen molar-refractivity contribution in [2.45, 2.75) is 19.4 Å². The third-order valence-corrected chi connectivity index (χ3v) is 4.22. The number of piperidine rings is 1. The van der Waals surface area contributed by atoms with Gasteiger partial charge in [0.05, 0.1) is 17.3 Å². The summed E-state index contributed by atoms with van der Waals surface area (Å²) in [5.41, 5.74) is 2.83. The number of β-amino-alcohol motifs (C(OH)–C–C–N with tert-alkyl or cyclic N) is 1. The summed E-state index contributed by atoms with van der Waals surface area (Å²) in [5, 5.41) is 10.0. The molecular formula is C14H16BrN3O. The van der Waals surface area contributed by atoms with Crippen molar-refractivity contribution in [1.29, 1.82) is 0 Å². The minimum absolute atomic E-state index is 0.271. The number of aliphatic hydroxyl groups is 1. The van der Waals surface area contributed by atoms with Crippen LogP contribution in [0.3, 0.4) is 0 Å². The average Bonchev–Trinajstić information content (AvgIpc) is 2.41. The van der Waals surface area contributed by atoms with Gasteiger partial charge in [-0.2, -0.15) is 0 Å². The second-order valence-electron chi connectivity index (χ2n) is 5.13. The Morgan fingerprint density at radius 2 is 2.26 bits per heavy atom. The highest BCUT2D eigenvalue weighted by atomic mass is 79.9. The molecule has 0 bridgehead atoms. The molecule has 0 spiro atoms. The molecule has 1 saturated heterocycles. The highest BCUT2D eigenvalue weighted by Crippen LogP contribution is 2.29. The zero-order valence-corrected chi connectivity index (χ0v) is 12.3. The van der Waals surface area contributed by atoms with Crippen molar-refractivity contribution in [1.82, 2.24) is 9.97 Å². The van der Waals surface area contributed by atoms with Crippen LogP contribution in [0.25, 0.3) is 11.0 Å². The highest BCUT2D eigenvalue weighted by Gasteiger charge is 2.25. The van der Waals surface area contributed by atoms with Crippen LogP contribution in [-0.4, -0.2) is 34.3 Å². The lowest BCUT2D eigenvalue weighted by atomic mass is 9.95. The standard InChI is InChI=1S/C14H16BrN3O/c1-9-3-5-18(8-13(9)19)12-2-4-16-11-6-10(15)7-17-14(11)12/h2,4,6-7,9,13,19H,3,5,8H2,1H3/t9-,13-/m0/s1. The minimum atomic E-state index is -0.271. The molecule has 0 aliphatic carbocycles. The zero-order valence-electron chi connectivity index (χ0n) is 10.8. The molecule has 0 amide bonds. The van der Waals surface area contributed by atoms with Gasteiger partial charge in [-0.25, -0.2) is 0 Å². The van der Waals surface area contributed by atoms with Crippen LogP contribution < -0.4 is 4.90 Å². The molecule has 1 N–H and O–H groups in total. The number of aromatic nitrogens is 2. The first-order valence-corrected chi connectivity index (χ1v) is 7.28. The highest BCUT2D eigenvalue weighted by molar-refractivity contribution is 9.10. The van der Waals surface area contributed by atoms with E-state index in [0.717, 1.165) is 34.2 Å². The summed E-state index contributed by atoms with van der Waals surface area (Å²) >= 11 is 3.41. The lowest BCUT2D eigenvalue weighted by Crippen LogP contribution is -2.43. The van der Waals surface area contributed by atoms with Crippen molar-refractivity contribution in [2.24, 2.45) is 5.92 Å². The van der Waals surface area contributed by atoms with E-state index in [1.54, 1.807) is 12.4 Å². The Morgan fingerprint density at radius 3 is 3.05 bits per heavy atom. The Labute approximate surface area is 120 Å². The zero-order chi connectivity index (χ0) is 13.4. The molecule has 3 rings (SSSR count). The van der Waals surface area contributed by atoms with E-state index in [1.807, 2.05) is 12.1 Å². The van der Waals surface area contributed by atoms with Gasteiger partial charge in [-0.1, -0.05) is 6.92 Å². The topological polar surface area (TPSA) is 49.2 Å². The van der Waals surface area contributed by atoms with Crippen molar-refractivity contribution in [2.75, 3.05) is 18.0 Å². The van der Waals surface area contributed by atoms with Gasteiger partial charge in [0.15, 0.2) is 0 Å². The van der Waals surface area contributed by atoms with Gasteiger partial charge in [0.2, 0.25) is 0 Å². The van der Waals surface area contributed by atoms with Gasteiger partial charge in [0, 0.05) is 30.0 Å². The first-order valence-electron chi connectivity index (χ1n) is 6.48. The lowest BCUT2D eigenvalue weighted by Gasteiger charge is -2.36. The van der Waals surface area contributed by atoms with Gasteiger partial charge in [0.25, 0.3) is 0 Å². The Hall–Kier alpha value is -1.20. The first kappa shape index (κ1) is 12.8. The van der Waals surface area contributed by atoms with Gasteiger partial charge in [-0.15, -0.1) is 0 Å². The molecule has 3 heterocycles. The fourth-order valence-electron chi connectivity index (χ4n) is 2.51. The Bertz CT molecular complexity index is 604. The molecule has 4 nitrogen and oxygen atoms in total. The molecule has 5 heteroatoms. The summed E-state index contributed by atoms with van der Waals surface area (Å²) in [6.45, 7) is 3.72. The Balaban J connectivity index is 2.01. The van der Waals surface area contributed by atoms with Crippen molar-refractivity contribution in [3.8, 4) is 0 Å². The molecule has 2 aromatic rings. The fourth-order valence-corrected chi connectivity index (χ4v) is 2.83. The molecular weight excluding hydrogens is 306 g/mol. The summed E-state index contributed by atoms with van der Waals surface area (Å²) in [6, 6.07) is 3.95. The van der Waals surface area contributed by atoms with E-state index >= 15 is 0 Å². The van der Waals surface area contributed by atoms with E-state index in [1.165, 1.54) is 0 Å². The number of fused-ring (bicyclic) bond motifs is 1. The third-order valence-electron chi connectivity index (χ3n) is 3.78. The van der Waals surface area contributed by atoms with E-state index < -0.39 is 0 Å². The smallest absolute Gasteiger partial charge is 0.112 e. The third kappa shape index (κ3) is 2.44. The number of anilines is 1. The lowest BCUT2D eigenvalue weighted by molar-refractivity contribution is 0.103. The monoisotopic (exact) mass is 321 g/mol. The quantitative estimate of drug-likeness (QED) is 0.877. The number of hydrogen-bond donors (Lipinski definition) is 1. The Morgan fingerprint density at radius 1 is 1.42 bits per heavy atom. The molecule has 2 atom stereocenters. The van der Waals surface area contributed by atoms with E-state index in [-0.39, 0.29) is 6.10 Å². The van der Waals surface area contributed by atoms with Crippen LogP contribution in [0.15, 0.2) is 29.0 Å². The predicted molar refractivity (Wildman–Crippen MR) is 79.2 cm³/mol. The molecule has 1 fully saturated rings. The van der Waals surface area contributed by atoms with Gasteiger partial charge < -0.3 is 10.0 Å². The number of rotatable bonds is 1. The van der Waals surface area contributed by atoms with E-state index in [2.05, 4.69) is 37.7 Å². The number of aliphatic hydroxyl groups excluding tert-OH is 1. The maximum Gasteiger partial charge on any atom is 0.112 e. The maximum atomic E-state index is 10.0. The van der Waals surface area contributed by atoms with Crippen LogP contribution in [0.5, 0.6) is 0 Å². The molecule has 0 unspecified atom stereocenters. The van der Waals surface area contributed by atoms with Crippen molar-refractivity contribution < 1.29 is 5.11 Å². The SMILES string of the molecule is C[C@H]1CCN(c2ccnc3cc(Br)cnc23)C[C@@H]1O. The molecule has 2 aromatic heterocycles. The van der Waals surface area contributed by atoms with Crippen molar-refractivity contribution in [3.63, 3.8) is 0 Å². The van der Waals surface area contributed by atoms with Gasteiger partial charge >= 0.3 is 0 Å². The molecule has 1 aliphatic heterocycles. The van der Waals surface area contributed by atoms with E-state index in [9.17, 15) is 5.11 Å². The number of hydrogen-bond acceptors (Lipinski definition) is 4. The second kappa shape index (κ2) is 5.06. The van der Waals surface area contributed by atoms with Crippen LogP contribution in [0.2, 0.25) is 0 Å². The summed E-state index contributed by atoms with van der Waals surface area (Å²) in [5.74, 6) is 0.367. The minimum Gasteiger partial charge on any atom is -0.391 e. The molecule has 100 valence electrons. The molecule has 0 saturated carbocycles. The number of nitrogens with zero attached hydrogens (tertiary/aromatic N) is 3. The van der Waals surface area contributed by atoms with Gasteiger partial charge in [-0.3, -0.25) is 9.97 Å². The maximum absolute atomic E-state index is 10.0. The van der Waals surface area contributed by atoms with Crippen molar-refractivity contribution in [3.05, 3.63) is 29.0 Å². The van der Waals surface area contributed by atoms with Gasteiger partial charge in [0.1, 0.15) is 5.52 Å². The average molecular weight is 322 g/mol. The molecule has 0 aromatic carbocycles. The Kier molecular flexibility index (Phi) is 3.41. The first-order chi connectivity index (χ1) is 9.15.